The highest BCUT2D eigenvalue weighted by Gasteiger charge is 2.38. The van der Waals surface area contributed by atoms with Gasteiger partial charge in [-0.25, -0.2) is 0 Å². The zero-order valence-electron chi connectivity index (χ0n) is 14.6. The third kappa shape index (κ3) is 2.76. The van der Waals surface area contributed by atoms with Gasteiger partial charge in [0.15, 0.2) is 0 Å². The lowest BCUT2D eigenvalue weighted by Crippen LogP contribution is -2.49. The Morgan fingerprint density at radius 2 is 2.04 bits per heavy atom. The number of amides is 1. The van der Waals surface area contributed by atoms with Crippen molar-refractivity contribution in [3.63, 3.8) is 0 Å². The number of nitrogens with two attached hydrogens (primary N) is 1. The smallest absolute Gasteiger partial charge is 0.254 e. The van der Waals surface area contributed by atoms with Crippen LogP contribution in [-0.4, -0.2) is 30.5 Å². The summed E-state index contributed by atoms with van der Waals surface area (Å²) in [5.74, 6) is 1.11. The number of anilines is 1. The molecule has 0 spiro atoms. The van der Waals surface area contributed by atoms with Crippen LogP contribution in [0.25, 0.3) is 0 Å². The van der Waals surface area contributed by atoms with E-state index in [-0.39, 0.29) is 5.91 Å². The van der Waals surface area contributed by atoms with Crippen LogP contribution in [0.5, 0.6) is 5.75 Å². The van der Waals surface area contributed by atoms with E-state index >= 15 is 0 Å². The molecule has 4 heteroatoms. The summed E-state index contributed by atoms with van der Waals surface area (Å²) in [7, 11) is 1.58. The van der Waals surface area contributed by atoms with Crippen molar-refractivity contribution in [2.45, 2.75) is 37.6 Å². The minimum Gasteiger partial charge on any atom is -0.495 e. The molecular weight excluding hydrogens is 312 g/mol. The number of carbonyl (C=O) groups is 1. The summed E-state index contributed by atoms with van der Waals surface area (Å²) < 4.78 is 5.28. The molecule has 1 aliphatic heterocycles. The standard InChI is InChI=1S/C21H24N2O2/c1-25-20-13-15(8-10-18(20)22)21(24)23-12-4-7-17-16-6-3-2-5-14(16)9-11-19(17)23/h2-3,5-6,8,10,13,17,19H,4,7,9,11-12,22H2,1H3. The molecule has 4 nitrogen and oxygen atoms in total. The number of nitrogen functional groups attached to an aromatic ring is 1. The first-order chi connectivity index (χ1) is 12.2. The van der Waals surface area contributed by atoms with Crippen molar-refractivity contribution in [2.24, 2.45) is 0 Å². The van der Waals surface area contributed by atoms with E-state index in [1.807, 2.05) is 0 Å². The van der Waals surface area contributed by atoms with Crippen LogP contribution >= 0.6 is 0 Å². The minimum atomic E-state index is 0.0902. The highest BCUT2D eigenvalue weighted by molar-refractivity contribution is 5.95. The van der Waals surface area contributed by atoms with Gasteiger partial charge in [0.05, 0.1) is 12.8 Å². The summed E-state index contributed by atoms with van der Waals surface area (Å²) in [5.41, 5.74) is 9.99. The Kier molecular flexibility index (Phi) is 4.12. The summed E-state index contributed by atoms with van der Waals surface area (Å²) in [6.07, 6.45) is 4.30. The Balaban J connectivity index is 1.64. The normalized spacial score (nSPS) is 22.0. The molecule has 2 aromatic rings. The summed E-state index contributed by atoms with van der Waals surface area (Å²) >= 11 is 0. The maximum Gasteiger partial charge on any atom is 0.254 e. The van der Waals surface area contributed by atoms with Gasteiger partial charge in [-0.3, -0.25) is 4.79 Å². The molecule has 1 fully saturated rings. The molecule has 1 heterocycles. The zero-order valence-corrected chi connectivity index (χ0v) is 14.6. The maximum absolute atomic E-state index is 13.2. The number of methoxy groups -OCH3 is 1. The molecule has 0 saturated carbocycles. The van der Waals surface area contributed by atoms with Crippen molar-refractivity contribution >= 4 is 11.6 Å². The molecule has 1 amide bonds. The van der Waals surface area contributed by atoms with Gasteiger partial charge in [0.25, 0.3) is 5.91 Å². The number of ether oxygens (including phenoxy) is 1. The molecule has 1 saturated heterocycles. The van der Waals surface area contributed by atoms with Gasteiger partial charge in [-0.15, -0.1) is 0 Å². The predicted octanol–water partition coefficient (Wildman–Crippen LogP) is 3.61. The third-order valence-corrected chi connectivity index (χ3v) is 5.68. The Morgan fingerprint density at radius 1 is 1.20 bits per heavy atom. The second-order valence-corrected chi connectivity index (χ2v) is 7.01. The van der Waals surface area contributed by atoms with Crippen molar-refractivity contribution < 1.29 is 9.53 Å². The molecule has 25 heavy (non-hydrogen) atoms. The van der Waals surface area contributed by atoms with Crippen LogP contribution in [0.3, 0.4) is 0 Å². The lowest BCUT2D eigenvalue weighted by molar-refractivity contribution is 0.0546. The van der Waals surface area contributed by atoms with Gasteiger partial charge in [-0.05, 0) is 55.0 Å². The molecule has 4 rings (SSSR count). The van der Waals surface area contributed by atoms with E-state index in [9.17, 15) is 4.79 Å². The number of carbonyl (C=O) groups excluding carboxylic acids is 1. The Morgan fingerprint density at radius 3 is 2.88 bits per heavy atom. The van der Waals surface area contributed by atoms with E-state index in [2.05, 4.69) is 29.2 Å². The Bertz CT molecular complexity index is 802. The van der Waals surface area contributed by atoms with Crippen molar-refractivity contribution in [2.75, 3.05) is 19.4 Å². The molecule has 2 atom stereocenters. The molecular formula is C21H24N2O2. The van der Waals surface area contributed by atoms with Crippen molar-refractivity contribution in [3.8, 4) is 5.75 Å². The lowest BCUT2D eigenvalue weighted by Gasteiger charge is -2.45. The minimum absolute atomic E-state index is 0.0902. The van der Waals surface area contributed by atoms with Crippen LogP contribution in [-0.2, 0) is 6.42 Å². The van der Waals surface area contributed by atoms with E-state index in [4.69, 9.17) is 10.5 Å². The van der Waals surface area contributed by atoms with Gasteiger partial charge in [-0.2, -0.15) is 0 Å². The average molecular weight is 336 g/mol. The number of aryl methyl sites for hydroxylation is 1. The molecule has 0 bridgehead atoms. The number of piperidine rings is 1. The van der Waals surface area contributed by atoms with E-state index in [0.717, 1.165) is 32.2 Å². The van der Waals surface area contributed by atoms with E-state index in [1.54, 1.807) is 25.3 Å². The van der Waals surface area contributed by atoms with Crippen molar-refractivity contribution in [1.29, 1.82) is 0 Å². The SMILES string of the molecule is COc1cc(C(=O)N2CCCC3c4ccccc4CCC32)ccc1N. The summed E-state index contributed by atoms with van der Waals surface area (Å²) in [6.45, 7) is 0.828. The van der Waals surface area contributed by atoms with Gasteiger partial charge in [-0.1, -0.05) is 24.3 Å². The van der Waals surface area contributed by atoms with Gasteiger partial charge >= 0.3 is 0 Å². The summed E-state index contributed by atoms with van der Waals surface area (Å²) in [6, 6.07) is 14.3. The fourth-order valence-electron chi connectivity index (χ4n) is 4.47. The zero-order chi connectivity index (χ0) is 17.4. The van der Waals surface area contributed by atoms with Crippen LogP contribution in [0, 0.1) is 0 Å². The molecule has 2 aliphatic rings. The van der Waals surface area contributed by atoms with Gasteiger partial charge in [0.2, 0.25) is 0 Å². The first-order valence-electron chi connectivity index (χ1n) is 9.01. The quantitative estimate of drug-likeness (QED) is 0.852. The Labute approximate surface area is 148 Å². The summed E-state index contributed by atoms with van der Waals surface area (Å²) in [5, 5.41) is 0. The number of nitrogens with zero attached hydrogens (tertiary/aromatic N) is 1. The second kappa shape index (κ2) is 6.43. The van der Waals surface area contributed by atoms with Crippen LogP contribution in [0.15, 0.2) is 42.5 Å². The van der Waals surface area contributed by atoms with E-state index in [1.165, 1.54) is 11.1 Å². The highest BCUT2D eigenvalue weighted by atomic mass is 16.5. The molecule has 2 N–H and O–H groups in total. The lowest BCUT2D eigenvalue weighted by atomic mass is 9.74. The fraction of sp³-hybridized carbons (Fsp3) is 0.381. The number of rotatable bonds is 2. The fourth-order valence-corrected chi connectivity index (χ4v) is 4.47. The average Bonchev–Trinajstić information content (AvgIpc) is 2.67. The number of fused-ring (bicyclic) bond motifs is 3. The molecule has 1 aliphatic carbocycles. The molecule has 130 valence electrons. The highest BCUT2D eigenvalue weighted by Crippen LogP contribution is 2.41. The second-order valence-electron chi connectivity index (χ2n) is 7.01. The van der Waals surface area contributed by atoms with Crippen LogP contribution < -0.4 is 10.5 Å². The summed E-state index contributed by atoms with van der Waals surface area (Å²) in [4.78, 5) is 15.3. The number of likely N-dealkylation sites (tertiary alicyclic amines) is 1. The third-order valence-electron chi connectivity index (χ3n) is 5.68. The molecule has 2 aromatic carbocycles. The number of benzene rings is 2. The first kappa shape index (κ1) is 16.0. The number of hydrogen-bond donors (Lipinski definition) is 1. The predicted molar refractivity (Wildman–Crippen MR) is 99.0 cm³/mol. The van der Waals surface area contributed by atoms with E-state index in [0.29, 0.717) is 29.0 Å². The van der Waals surface area contributed by atoms with Gasteiger partial charge < -0.3 is 15.4 Å². The molecule has 0 aromatic heterocycles. The van der Waals surface area contributed by atoms with Gasteiger partial charge in [0, 0.05) is 24.1 Å². The molecule has 2 unspecified atom stereocenters. The van der Waals surface area contributed by atoms with Crippen molar-refractivity contribution in [1.82, 2.24) is 4.90 Å². The van der Waals surface area contributed by atoms with Crippen molar-refractivity contribution in [3.05, 3.63) is 59.2 Å². The number of hydrogen-bond acceptors (Lipinski definition) is 3. The monoisotopic (exact) mass is 336 g/mol. The van der Waals surface area contributed by atoms with Crippen LogP contribution in [0.2, 0.25) is 0 Å². The maximum atomic E-state index is 13.2. The Hall–Kier alpha value is -2.49. The first-order valence-corrected chi connectivity index (χ1v) is 9.01. The van der Waals surface area contributed by atoms with E-state index < -0.39 is 0 Å². The van der Waals surface area contributed by atoms with Gasteiger partial charge in [0.1, 0.15) is 5.75 Å². The van der Waals surface area contributed by atoms with Crippen LogP contribution in [0.1, 0.15) is 46.7 Å². The largest absolute Gasteiger partial charge is 0.495 e. The van der Waals surface area contributed by atoms with Crippen LogP contribution in [0.4, 0.5) is 5.69 Å². The molecule has 0 radical (unpaired) electrons. The topological polar surface area (TPSA) is 55.6 Å².